The molecule has 0 fully saturated rings. The van der Waals surface area contributed by atoms with E-state index >= 15 is 0 Å². The zero-order valence-electron chi connectivity index (χ0n) is 8.59. The summed E-state index contributed by atoms with van der Waals surface area (Å²) in [4.78, 5) is 0. The molecule has 4 nitrogen and oxygen atoms in total. The Bertz CT molecular complexity index is 298. The van der Waals surface area contributed by atoms with E-state index in [1.807, 2.05) is 18.5 Å². The highest BCUT2D eigenvalue weighted by molar-refractivity contribution is 6.31. The second kappa shape index (κ2) is 5.34. The van der Waals surface area contributed by atoms with Crippen molar-refractivity contribution in [3.8, 4) is 0 Å². The number of nitrogens with zero attached hydrogens (tertiary/aromatic N) is 2. The summed E-state index contributed by atoms with van der Waals surface area (Å²) in [5, 5.41) is 4.98. The predicted octanol–water partition coefficient (Wildman–Crippen LogP) is 1.34. The molecule has 80 valence electrons. The van der Waals surface area contributed by atoms with Crippen LogP contribution >= 0.6 is 11.6 Å². The third-order valence-corrected chi connectivity index (χ3v) is 2.45. The van der Waals surface area contributed by atoms with Gasteiger partial charge in [0.2, 0.25) is 0 Å². The van der Waals surface area contributed by atoms with Crippen LogP contribution in [0.15, 0.2) is 0 Å². The number of hydrogen-bond acceptors (Lipinski definition) is 3. The van der Waals surface area contributed by atoms with Crippen LogP contribution in [0.3, 0.4) is 0 Å². The van der Waals surface area contributed by atoms with E-state index in [2.05, 4.69) is 5.10 Å². The molecule has 0 spiro atoms. The zero-order valence-corrected chi connectivity index (χ0v) is 9.34. The molecular formula is C9H16ClN3O. The molecule has 0 saturated heterocycles. The van der Waals surface area contributed by atoms with Crippen LogP contribution in [0, 0.1) is 6.92 Å². The summed E-state index contributed by atoms with van der Waals surface area (Å²) in [5.41, 5.74) is 7.10. The van der Waals surface area contributed by atoms with Crippen LogP contribution in [0.25, 0.3) is 0 Å². The van der Waals surface area contributed by atoms with E-state index < -0.39 is 0 Å². The highest BCUT2D eigenvalue weighted by Gasteiger charge is 2.11. The molecule has 0 bridgehead atoms. The molecule has 0 atom stereocenters. The number of aryl methyl sites for hydroxylation is 2. The van der Waals surface area contributed by atoms with E-state index in [4.69, 9.17) is 22.1 Å². The lowest BCUT2D eigenvalue weighted by Gasteiger charge is -2.05. The van der Waals surface area contributed by atoms with Gasteiger partial charge >= 0.3 is 0 Å². The summed E-state index contributed by atoms with van der Waals surface area (Å²) >= 11 is 6.08. The molecule has 0 aromatic carbocycles. The van der Waals surface area contributed by atoms with Crippen molar-refractivity contribution >= 4 is 11.6 Å². The molecule has 1 heterocycles. The first kappa shape index (κ1) is 11.5. The number of hydrogen-bond donors (Lipinski definition) is 1. The van der Waals surface area contributed by atoms with Crippen molar-refractivity contribution in [1.29, 1.82) is 0 Å². The molecule has 0 radical (unpaired) electrons. The minimum Gasteiger partial charge on any atom is -0.374 e. The van der Waals surface area contributed by atoms with Gasteiger partial charge < -0.3 is 10.5 Å². The first-order valence-electron chi connectivity index (χ1n) is 4.70. The van der Waals surface area contributed by atoms with Crippen molar-refractivity contribution in [2.24, 2.45) is 5.73 Å². The molecule has 1 aromatic rings. The maximum absolute atomic E-state index is 6.08. The molecule has 5 heteroatoms. The largest absolute Gasteiger partial charge is 0.374 e. The van der Waals surface area contributed by atoms with Gasteiger partial charge in [-0.3, -0.25) is 4.68 Å². The summed E-state index contributed by atoms with van der Waals surface area (Å²) in [6.07, 6.45) is 0. The fourth-order valence-electron chi connectivity index (χ4n) is 1.26. The van der Waals surface area contributed by atoms with Gasteiger partial charge in [-0.05, 0) is 13.8 Å². The lowest BCUT2D eigenvalue weighted by Crippen LogP contribution is -2.10. The molecule has 0 aliphatic carbocycles. The molecular weight excluding hydrogens is 202 g/mol. The number of aromatic nitrogens is 2. The molecule has 0 amide bonds. The molecule has 1 aromatic heterocycles. The average Bonchev–Trinajstić information content (AvgIpc) is 2.45. The highest BCUT2D eigenvalue weighted by atomic mass is 35.5. The van der Waals surface area contributed by atoms with Crippen LogP contribution in [-0.2, 0) is 17.9 Å². The Morgan fingerprint density at radius 3 is 2.86 bits per heavy atom. The number of halogens is 1. The summed E-state index contributed by atoms with van der Waals surface area (Å²) in [6, 6.07) is 0. The van der Waals surface area contributed by atoms with Crippen LogP contribution in [-0.4, -0.2) is 22.9 Å². The molecule has 0 aliphatic heterocycles. The van der Waals surface area contributed by atoms with Crippen LogP contribution in [0.2, 0.25) is 5.02 Å². The highest BCUT2D eigenvalue weighted by Crippen LogP contribution is 2.20. The van der Waals surface area contributed by atoms with Crippen molar-refractivity contribution in [3.05, 3.63) is 16.4 Å². The summed E-state index contributed by atoms with van der Waals surface area (Å²) < 4.78 is 7.19. The van der Waals surface area contributed by atoms with Gasteiger partial charge in [0.05, 0.1) is 29.6 Å². The van der Waals surface area contributed by atoms with Crippen molar-refractivity contribution in [1.82, 2.24) is 9.78 Å². The molecule has 0 saturated carbocycles. The van der Waals surface area contributed by atoms with E-state index in [-0.39, 0.29) is 0 Å². The number of rotatable bonds is 5. The Morgan fingerprint density at radius 1 is 1.57 bits per heavy atom. The van der Waals surface area contributed by atoms with Crippen molar-refractivity contribution in [2.75, 3.05) is 13.2 Å². The lowest BCUT2D eigenvalue weighted by atomic mass is 10.4. The smallest absolute Gasteiger partial charge is 0.0900 e. The van der Waals surface area contributed by atoms with Crippen molar-refractivity contribution < 1.29 is 4.74 Å². The van der Waals surface area contributed by atoms with Gasteiger partial charge in [0.1, 0.15) is 0 Å². The Morgan fingerprint density at radius 2 is 2.29 bits per heavy atom. The van der Waals surface area contributed by atoms with Crippen molar-refractivity contribution in [2.45, 2.75) is 27.0 Å². The number of nitrogens with two attached hydrogens (primary N) is 1. The minimum absolute atomic E-state index is 0.477. The Labute approximate surface area is 89.0 Å². The summed E-state index contributed by atoms with van der Waals surface area (Å²) in [7, 11) is 0. The van der Waals surface area contributed by atoms with Crippen LogP contribution < -0.4 is 5.73 Å². The fraction of sp³-hybridized carbons (Fsp3) is 0.667. The first-order chi connectivity index (χ1) is 6.70. The van der Waals surface area contributed by atoms with Gasteiger partial charge in [0.25, 0.3) is 0 Å². The topological polar surface area (TPSA) is 53.1 Å². The maximum Gasteiger partial charge on any atom is 0.0900 e. The fourth-order valence-corrected chi connectivity index (χ4v) is 1.45. The van der Waals surface area contributed by atoms with Crippen LogP contribution in [0.4, 0.5) is 0 Å². The predicted molar refractivity (Wildman–Crippen MR) is 56.4 cm³/mol. The normalized spacial score (nSPS) is 10.9. The average molecular weight is 218 g/mol. The standard InChI is InChI=1S/C9H16ClN3O/c1-3-13-8(6-14-5-4-11)9(10)7(2)12-13/h3-6,11H2,1-2H3. The molecule has 14 heavy (non-hydrogen) atoms. The van der Waals surface area contributed by atoms with Crippen LogP contribution in [0.1, 0.15) is 18.3 Å². The SMILES string of the molecule is CCn1nc(C)c(Cl)c1COCCN. The van der Waals surface area contributed by atoms with E-state index in [1.54, 1.807) is 0 Å². The summed E-state index contributed by atoms with van der Waals surface area (Å²) in [6.45, 7) is 6.26. The Balaban J connectivity index is 2.72. The zero-order chi connectivity index (χ0) is 10.6. The third-order valence-electron chi connectivity index (χ3n) is 1.95. The van der Waals surface area contributed by atoms with Gasteiger partial charge in [-0.2, -0.15) is 5.10 Å². The van der Waals surface area contributed by atoms with Gasteiger partial charge in [-0.1, -0.05) is 11.6 Å². The third kappa shape index (κ3) is 2.47. The van der Waals surface area contributed by atoms with Crippen LogP contribution in [0.5, 0.6) is 0 Å². The second-order valence-corrected chi connectivity index (χ2v) is 3.38. The number of ether oxygens (including phenoxy) is 1. The molecule has 2 N–H and O–H groups in total. The van der Waals surface area contributed by atoms with Gasteiger partial charge in [-0.15, -0.1) is 0 Å². The van der Waals surface area contributed by atoms with Gasteiger partial charge in [0, 0.05) is 13.1 Å². The van der Waals surface area contributed by atoms with Gasteiger partial charge in [-0.25, -0.2) is 0 Å². The van der Waals surface area contributed by atoms with E-state index in [0.29, 0.717) is 24.8 Å². The van der Waals surface area contributed by atoms with E-state index in [0.717, 1.165) is 17.9 Å². The van der Waals surface area contributed by atoms with Crippen molar-refractivity contribution in [3.63, 3.8) is 0 Å². The Kier molecular flexibility index (Phi) is 4.38. The minimum atomic E-state index is 0.477. The molecule has 0 aliphatic rings. The van der Waals surface area contributed by atoms with Gasteiger partial charge in [0.15, 0.2) is 0 Å². The first-order valence-corrected chi connectivity index (χ1v) is 5.08. The quantitative estimate of drug-likeness (QED) is 0.758. The van der Waals surface area contributed by atoms with E-state index in [9.17, 15) is 0 Å². The molecule has 1 rings (SSSR count). The monoisotopic (exact) mass is 217 g/mol. The lowest BCUT2D eigenvalue weighted by molar-refractivity contribution is 0.122. The second-order valence-electron chi connectivity index (χ2n) is 3.00. The maximum atomic E-state index is 6.08. The Hall–Kier alpha value is -0.580. The van der Waals surface area contributed by atoms with E-state index in [1.165, 1.54) is 0 Å². The summed E-state index contributed by atoms with van der Waals surface area (Å²) in [5.74, 6) is 0. The molecule has 0 unspecified atom stereocenters.